The third kappa shape index (κ3) is 74.9. The van der Waals surface area contributed by atoms with E-state index in [1.54, 1.807) is 0 Å². The molecule has 0 aliphatic heterocycles. The smallest absolute Gasteiger partial charge is 0.462 e. The van der Waals surface area contributed by atoms with Crippen LogP contribution < -0.4 is 0 Å². The second kappa shape index (κ2) is 73.2. The van der Waals surface area contributed by atoms with Crippen molar-refractivity contribution in [1.29, 1.82) is 0 Å². The van der Waals surface area contributed by atoms with Gasteiger partial charge in [-0.15, -0.1) is 0 Å². The molecule has 0 heterocycles. The second-order valence-electron chi connectivity index (χ2n) is 31.1. The molecule has 102 heavy (non-hydrogen) atoms. The zero-order chi connectivity index (χ0) is 75.1. The Morgan fingerprint density at radius 3 is 0.745 bits per heavy atom. The number of hydrogen-bond donors (Lipinski definition) is 3. The molecule has 0 saturated heterocycles. The Balaban J connectivity index is 5.26. The number of ether oxygens (including phenoxy) is 4. The van der Waals surface area contributed by atoms with Crippen LogP contribution in [0.2, 0.25) is 0 Å². The molecule has 0 saturated carbocycles. The Labute approximate surface area is 626 Å². The zero-order valence-corrected chi connectivity index (χ0v) is 68.9. The molecule has 6 atom stereocenters. The Morgan fingerprint density at radius 2 is 0.500 bits per heavy atom. The molecular weight excluding hydrogens is 1330 g/mol. The van der Waals surface area contributed by atoms with Gasteiger partial charge in [0.05, 0.1) is 26.4 Å². The predicted molar refractivity (Wildman–Crippen MR) is 418 cm³/mol. The molecule has 0 aromatic carbocycles. The highest BCUT2D eigenvalue weighted by atomic mass is 31.2. The minimum atomic E-state index is -4.96. The zero-order valence-electron chi connectivity index (χ0n) is 67.1. The first kappa shape index (κ1) is 100. The summed E-state index contributed by atoms with van der Waals surface area (Å²) in [6, 6.07) is 0. The summed E-state index contributed by atoms with van der Waals surface area (Å²) in [6.45, 7) is 12.0. The number of phosphoric acid groups is 2. The van der Waals surface area contributed by atoms with Crippen molar-refractivity contribution in [2.45, 2.75) is 452 Å². The summed E-state index contributed by atoms with van der Waals surface area (Å²) in [6.07, 6.45) is 62.3. The van der Waals surface area contributed by atoms with E-state index in [0.29, 0.717) is 25.7 Å². The van der Waals surface area contributed by atoms with Crippen LogP contribution in [0.1, 0.15) is 434 Å². The van der Waals surface area contributed by atoms with Crippen LogP contribution >= 0.6 is 15.6 Å². The van der Waals surface area contributed by atoms with Crippen molar-refractivity contribution < 1.29 is 80.2 Å². The number of carbonyl (C=O) groups is 4. The fourth-order valence-corrected chi connectivity index (χ4v) is 14.4. The molecule has 0 aliphatic rings. The van der Waals surface area contributed by atoms with E-state index >= 15 is 0 Å². The minimum absolute atomic E-state index is 0.106. The fraction of sp³-hybridized carbons (Fsp3) is 0.952. The summed E-state index contributed by atoms with van der Waals surface area (Å²) in [5.74, 6) is 0.248. The molecule has 3 N–H and O–H groups in total. The lowest BCUT2D eigenvalue weighted by molar-refractivity contribution is -0.161. The van der Waals surface area contributed by atoms with Crippen LogP contribution in [-0.4, -0.2) is 96.7 Å². The molecule has 17 nitrogen and oxygen atoms in total. The number of esters is 4. The highest BCUT2D eigenvalue weighted by Crippen LogP contribution is 2.45. The van der Waals surface area contributed by atoms with E-state index in [1.807, 2.05) is 0 Å². The number of unbranched alkanes of at least 4 members (excludes halogenated alkanes) is 48. The van der Waals surface area contributed by atoms with Crippen molar-refractivity contribution in [3.63, 3.8) is 0 Å². The van der Waals surface area contributed by atoms with E-state index in [9.17, 15) is 43.2 Å². The first-order chi connectivity index (χ1) is 49.3. The van der Waals surface area contributed by atoms with Crippen LogP contribution in [0.4, 0.5) is 0 Å². The van der Waals surface area contributed by atoms with Gasteiger partial charge in [0.1, 0.15) is 19.3 Å². The van der Waals surface area contributed by atoms with E-state index in [1.165, 1.54) is 244 Å². The SMILES string of the molecule is CCCCCCCCCCCCCCCCCCCCC(=O)OC[C@H](COP(=O)(O)OC[C@@H](O)COP(=O)(O)OC[C@@H](COC(=O)CCCCCCCCCCCCC(C)C)OC(=O)CCCCCCCCCCCCC(C)C)OC(=O)CCCCCCCCCCCCCCCCC(C)CC. The van der Waals surface area contributed by atoms with Gasteiger partial charge in [0.15, 0.2) is 12.2 Å². The number of hydrogen-bond acceptors (Lipinski definition) is 15. The maximum absolute atomic E-state index is 13.1. The quantitative estimate of drug-likeness (QED) is 0.0222. The average molecular weight is 1490 g/mol. The van der Waals surface area contributed by atoms with Crippen LogP contribution in [-0.2, 0) is 65.4 Å². The third-order valence-electron chi connectivity index (χ3n) is 19.7. The molecule has 0 radical (unpaired) electrons. The monoisotopic (exact) mass is 1490 g/mol. The molecule has 0 aromatic heterocycles. The Hall–Kier alpha value is -1.94. The summed E-state index contributed by atoms with van der Waals surface area (Å²) >= 11 is 0. The lowest BCUT2D eigenvalue weighted by atomic mass is 9.99. The van der Waals surface area contributed by atoms with Gasteiger partial charge in [-0.3, -0.25) is 37.3 Å². The van der Waals surface area contributed by atoms with Gasteiger partial charge in [0, 0.05) is 25.7 Å². The van der Waals surface area contributed by atoms with Crippen molar-refractivity contribution in [1.82, 2.24) is 0 Å². The molecular formula is C83H162O17P2. The number of aliphatic hydroxyl groups excluding tert-OH is 1. The van der Waals surface area contributed by atoms with Gasteiger partial charge < -0.3 is 33.8 Å². The largest absolute Gasteiger partial charge is 0.472 e. The summed E-state index contributed by atoms with van der Waals surface area (Å²) in [4.78, 5) is 73.1. The van der Waals surface area contributed by atoms with Crippen LogP contribution in [0.25, 0.3) is 0 Å². The highest BCUT2D eigenvalue weighted by molar-refractivity contribution is 7.47. The summed E-state index contributed by atoms with van der Waals surface area (Å²) in [5.41, 5.74) is 0. The molecule has 0 fully saturated rings. The van der Waals surface area contributed by atoms with Gasteiger partial charge in [-0.2, -0.15) is 0 Å². The van der Waals surface area contributed by atoms with E-state index in [0.717, 1.165) is 108 Å². The van der Waals surface area contributed by atoms with Gasteiger partial charge in [0.25, 0.3) is 0 Å². The van der Waals surface area contributed by atoms with E-state index in [2.05, 4.69) is 48.5 Å². The molecule has 0 spiro atoms. The number of carbonyl (C=O) groups excluding carboxylic acids is 4. The second-order valence-corrected chi connectivity index (χ2v) is 34.0. The molecule has 3 unspecified atom stereocenters. The first-order valence-electron chi connectivity index (χ1n) is 42.9. The Morgan fingerprint density at radius 1 is 0.284 bits per heavy atom. The third-order valence-corrected chi connectivity index (χ3v) is 21.6. The minimum Gasteiger partial charge on any atom is -0.462 e. The predicted octanol–water partition coefficient (Wildman–Crippen LogP) is 24.9. The lowest BCUT2D eigenvalue weighted by Crippen LogP contribution is -2.30. The summed E-state index contributed by atoms with van der Waals surface area (Å²) < 4.78 is 68.8. The van der Waals surface area contributed by atoms with Crippen LogP contribution in [0.5, 0.6) is 0 Å². The van der Waals surface area contributed by atoms with Crippen molar-refractivity contribution in [3.8, 4) is 0 Å². The molecule has 0 amide bonds. The van der Waals surface area contributed by atoms with E-state index < -0.39 is 97.5 Å². The van der Waals surface area contributed by atoms with Gasteiger partial charge in [0.2, 0.25) is 0 Å². The van der Waals surface area contributed by atoms with Crippen LogP contribution in [0.3, 0.4) is 0 Å². The molecule has 0 rings (SSSR count). The normalized spacial score (nSPS) is 14.2. The number of aliphatic hydroxyl groups is 1. The topological polar surface area (TPSA) is 237 Å². The fourth-order valence-electron chi connectivity index (χ4n) is 12.8. The van der Waals surface area contributed by atoms with Gasteiger partial charge >= 0.3 is 39.5 Å². The Kier molecular flexibility index (Phi) is 71.8. The maximum atomic E-state index is 13.1. The van der Waals surface area contributed by atoms with E-state index in [-0.39, 0.29) is 25.7 Å². The summed E-state index contributed by atoms with van der Waals surface area (Å²) in [5, 5.41) is 10.7. The van der Waals surface area contributed by atoms with Crippen molar-refractivity contribution in [3.05, 3.63) is 0 Å². The standard InChI is InChI=1S/C83H162O17P2/c1-8-10-11-12-13-14-15-16-17-18-19-20-24-27-36-43-50-57-64-80(85)93-70-78(99-82(87)66-59-52-45-38-28-25-22-21-23-26-35-42-49-56-63-76(7)9-2)72-97-101(89,90)95-68-77(84)69-96-102(91,92)98-73-79(100-83(88)67-60-53-46-39-32-30-34-41-48-55-62-75(5)6)71-94-81(86)65-58-51-44-37-31-29-33-40-47-54-61-74(3)4/h74-79,84H,8-73H2,1-7H3,(H,89,90)(H,91,92)/t76?,77-,78-,79-/m1/s1. The molecule has 0 bridgehead atoms. The van der Waals surface area contributed by atoms with E-state index in [4.69, 9.17) is 37.0 Å². The average Bonchev–Trinajstić information content (AvgIpc) is 0.918. The molecule has 0 aromatic rings. The molecule has 0 aliphatic carbocycles. The molecule has 606 valence electrons. The number of rotatable bonds is 81. The Bertz CT molecular complexity index is 1980. The molecule has 19 heteroatoms. The van der Waals surface area contributed by atoms with Crippen molar-refractivity contribution in [2.24, 2.45) is 17.8 Å². The lowest BCUT2D eigenvalue weighted by Gasteiger charge is -2.21. The highest BCUT2D eigenvalue weighted by Gasteiger charge is 2.30. The van der Waals surface area contributed by atoms with Crippen molar-refractivity contribution >= 4 is 39.5 Å². The first-order valence-corrected chi connectivity index (χ1v) is 45.9. The summed E-state index contributed by atoms with van der Waals surface area (Å²) in [7, 11) is -9.93. The van der Waals surface area contributed by atoms with Crippen LogP contribution in [0.15, 0.2) is 0 Å². The number of phosphoric ester groups is 2. The van der Waals surface area contributed by atoms with Gasteiger partial charge in [-0.1, -0.05) is 382 Å². The van der Waals surface area contributed by atoms with Crippen molar-refractivity contribution in [2.75, 3.05) is 39.6 Å². The van der Waals surface area contributed by atoms with Gasteiger partial charge in [-0.05, 0) is 43.4 Å². The van der Waals surface area contributed by atoms with Crippen LogP contribution in [0, 0.1) is 17.8 Å². The maximum Gasteiger partial charge on any atom is 0.472 e. The van der Waals surface area contributed by atoms with Gasteiger partial charge in [-0.25, -0.2) is 9.13 Å².